The predicted octanol–water partition coefficient (Wildman–Crippen LogP) is 3.56. The van der Waals surface area contributed by atoms with Gasteiger partial charge in [0.1, 0.15) is 5.82 Å². The number of aromatic nitrogens is 2. The second kappa shape index (κ2) is 6.68. The number of hydrogen-bond donors (Lipinski definition) is 1. The van der Waals surface area contributed by atoms with Crippen LogP contribution in [0, 0.1) is 5.82 Å². The average Bonchev–Trinajstić information content (AvgIpc) is 2.82. The van der Waals surface area contributed by atoms with Crippen LogP contribution in [-0.4, -0.2) is 23.3 Å². The van der Waals surface area contributed by atoms with E-state index in [0.717, 1.165) is 17.4 Å². The van der Waals surface area contributed by atoms with Crippen LogP contribution in [0.15, 0.2) is 35.1 Å². The van der Waals surface area contributed by atoms with Gasteiger partial charge in [0.15, 0.2) is 0 Å². The van der Waals surface area contributed by atoms with E-state index in [9.17, 15) is 4.39 Å². The van der Waals surface area contributed by atoms with Gasteiger partial charge in [-0.25, -0.2) is 9.37 Å². The Morgan fingerprint density at radius 1 is 1.47 bits per heavy atom. The van der Waals surface area contributed by atoms with E-state index < -0.39 is 0 Å². The third-order valence-electron chi connectivity index (χ3n) is 2.64. The molecule has 6 heteroatoms. The Morgan fingerprint density at radius 3 is 3.11 bits per heavy atom. The fourth-order valence-corrected chi connectivity index (χ4v) is 2.05. The SMILES string of the molecule is COCCCn1ccnc1Nc1cc(F)ccc1Br. The number of rotatable bonds is 6. The van der Waals surface area contributed by atoms with Crippen LogP contribution in [-0.2, 0) is 11.3 Å². The first-order chi connectivity index (χ1) is 9.20. The molecule has 0 unspecified atom stereocenters. The third-order valence-corrected chi connectivity index (χ3v) is 3.33. The first kappa shape index (κ1) is 14.0. The highest BCUT2D eigenvalue weighted by Gasteiger charge is 2.06. The fraction of sp³-hybridized carbons (Fsp3) is 0.308. The minimum absolute atomic E-state index is 0.289. The smallest absolute Gasteiger partial charge is 0.207 e. The molecule has 0 saturated heterocycles. The van der Waals surface area contributed by atoms with Gasteiger partial charge in [0.2, 0.25) is 5.95 Å². The molecule has 0 fully saturated rings. The van der Waals surface area contributed by atoms with Gasteiger partial charge in [-0.3, -0.25) is 0 Å². The van der Waals surface area contributed by atoms with Crippen LogP contribution in [0.3, 0.4) is 0 Å². The summed E-state index contributed by atoms with van der Waals surface area (Å²) < 4.78 is 21.0. The third kappa shape index (κ3) is 3.78. The molecule has 0 saturated carbocycles. The topological polar surface area (TPSA) is 39.1 Å². The van der Waals surface area contributed by atoms with Crippen LogP contribution < -0.4 is 5.32 Å². The first-order valence-corrected chi connectivity index (χ1v) is 6.72. The lowest BCUT2D eigenvalue weighted by atomic mass is 10.3. The van der Waals surface area contributed by atoms with Gasteiger partial charge in [-0.1, -0.05) is 0 Å². The number of halogens is 2. The van der Waals surface area contributed by atoms with E-state index in [1.807, 2.05) is 10.8 Å². The monoisotopic (exact) mass is 327 g/mol. The molecule has 1 aromatic carbocycles. The van der Waals surface area contributed by atoms with Crippen molar-refractivity contribution >= 4 is 27.6 Å². The number of ether oxygens (including phenoxy) is 1. The van der Waals surface area contributed by atoms with Crippen LogP contribution in [0.5, 0.6) is 0 Å². The molecule has 0 radical (unpaired) electrons. The maximum Gasteiger partial charge on any atom is 0.207 e. The standard InChI is InChI=1S/C13H15BrFN3O/c1-19-8-2-6-18-7-5-16-13(18)17-12-9-10(15)3-4-11(12)14/h3-5,7,9H,2,6,8H2,1H3,(H,16,17). The molecule has 0 aliphatic carbocycles. The van der Waals surface area contributed by atoms with Gasteiger partial charge < -0.3 is 14.6 Å². The number of methoxy groups -OCH3 is 1. The van der Waals surface area contributed by atoms with Crippen LogP contribution in [0.4, 0.5) is 16.0 Å². The van der Waals surface area contributed by atoms with Crippen molar-refractivity contribution in [1.82, 2.24) is 9.55 Å². The Hall–Kier alpha value is -1.40. The average molecular weight is 328 g/mol. The lowest BCUT2D eigenvalue weighted by Gasteiger charge is -2.11. The molecule has 1 heterocycles. The van der Waals surface area contributed by atoms with Crippen molar-refractivity contribution in [3.05, 3.63) is 40.9 Å². The Bertz CT molecular complexity index is 544. The predicted molar refractivity (Wildman–Crippen MR) is 76.1 cm³/mol. The van der Waals surface area contributed by atoms with E-state index in [-0.39, 0.29) is 5.82 Å². The second-order valence-electron chi connectivity index (χ2n) is 4.04. The van der Waals surface area contributed by atoms with Crippen LogP contribution in [0.1, 0.15) is 6.42 Å². The summed E-state index contributed by atoms with van der Waals surface area (Å²) in [7, 11) is 1.68. The minimum atomic E-state index is -0.289. The number of hydrogen-bond acceptors (Lipinski definition) is 3. The highest BCUT2D eigenvalue weighted by Crippen LogP contribution is 2.26. The van der Waals surface area contributed by atoms with Crippen molar-refractivity contribution in [2.24, 2.45) is 0 Å². The Morgan fingerprint density at radius 2 is 2.32 bits per heavy atom. The summed E-state index contributed by atoms with van der Waals surface area (Å²) in [5, 5.41) is 3.11. The summed E-state index contributed by atoms with van der Waals surface area (Å²) in [5.41, 5.74) is 0.652. The number of nitrogens with one attached hydrogen (secondary N) is 1. The normalized spacial score (nSPS) is 10.7. The van der Waals surface area contributed by atoms with E-state index >= 15 is 0 Å². The van der Waals surface area contributed by atoms with Crippen molar-refractivity contribution in [3.8, 4) is 0 Å². The van der Waals surface area contributed by atoms with E-state index in [1.165, 1.54) is 12.1 Å². The molecule has 0 amide bonds. The minimum Gasteiger partial charge on any atom is -0.385 e. The zero-order valence-corrected chi connectivity index (χ0v) is 12.2. The first-order valence-electron chi connectivity index (χ1n) is 5.93. The summed E-state index contributed by atoms with van der Waals surface area (Å²) in [6.45, 7) is 1.49. The maximum atomic E-state index is 13.2. The maximum absolute atomic E-state index is 13.2. The second-order valence-corrected chi connectivity index (χ2v) is 4.89. The van der Waals surface area contributed by atoms with E-state index in [4.69, 9.17) is 4.74 Å². The number of anilines is 2. The van der Waals surface area contributed by atoms with Crippen molar-refractivity contribution in [3.63, 3.8) is 0 Å². The lowest BCUT2D eigenvalue weighted by molar-refractivity contribution is 0.190. The number of imidazole rings is 1. The molecule has 4 nitrogen and oxygen atoms in total. The molecule has 1 aromatic heterocycles. The molecular weight excluding hydrogens is 313 g/mol. The molecule has 0 aliphatic rings. The molecule has 19 heavy (non-hydrogen) atoms. The Balaban J connectivity index is 2.10. The molecule has 0 bridgehead atoms. The molecule has 102 valence electrons. The molecule has 2 aromatic rings. The molecule has 0 atom stereocenters. The van der Waals surface area contributed by atoms with Gasteiger partial charge in [0, 0.05) is 37.1 Å². The number of benzene rings is 1. The zero-order valence-electron chi connectivity index (χ0n) is 10.6. The fourth-order valence-electron chi connectivity index (χ4n) is 1.71. The van der Waals surface area contributed by atoms with E-state index in [1.54, 1.807) is 19.4 Å². The van der Waals surface area contributed by atoms with Gasteiger partial charge >= 0.3 is 0 Å². The number of nitrogens with zero attached hydrogens (tertiary/aromatic N) is 2. The van der Waals surface area contributed by atoms with Crippen LogP contribution >= 0.6 is 15.9 Å². The summed E-state index contributed by atoms with van der Waals surface area (Å²) in [6, 6.07) is 4.49. The lowest BCUT2D eigenvalue weighted by Crippen LogP contribution is -2.05. The van der Waals surface area contributed by atoms with Crippen molar-refractivity contribution in [2.45, 2.75) is 13.0 Å². The molecule has 0 spiro atoms. The van der Waals surface area contributed by atoms with Crippen LogP contribution in [0.2, 0.25) is 0 Å². The number of aryl methyl sites for hydroxylation is 1. The van der Waals surface area contributed by atoms with Crippen molar-refractivity contribution < 1.29 is 9.13 Å². The van der Waals surface area contributed by atoms with Gasteiger partial charge in [0.05, 0.1) is 5.69 Å². The quantitative estimate of drug-likeness (QED) is 0.824. The van der Waals surface area contributed by atoms with Gasteiger partial charge in [-0.15, -0.1) is 0 Å². The van der Waals surface area contributed by atoms with Crippen molar-refractivity contribution in [1.29, 1.82) is 0 Å². The largest absolute Gasteiger partial charge is 0.385 e. The van der Waals surface area contributed by atoms with Crippen molar-refractivity contribution in [2.75, 3.05) is 19.0 Å². The highest BCUT2D eigenvalue weighted by atomic mass is 79.9. The van der Waals surface area contributed by atoms with E-state index in [2.05, 4.69) is 26.2 Å². The van der Waals surface area contributed by atoms with E-state index in [0.29, 0.717) is 18.2 Å². The van der Waals surface area contributed by atoms with Crippen LogP contribution in [0.25, 0.3) is 0 Å². The van der Waals surface area contributed by atoms with Gasteiger partial charge in [0.25, 0.3) is 0 Å². The molecule has 2 rings (SSSR count). The summed E-state index contributed by atoms with van der Waals surface area (Å²) >= 11 is 3.38. The summed E-state index contributed by atoms with van der Waals surface area (Å²) in [6.07, 6.45) is 4.49. The Labute approximate surface area is 119 Å². The molecular formula is C13H15BrFN3O. The molecule has 0 aliphatic heterocycles. The van der Waals surface area contributed by atoms with Gasteiger partial charge in [-0.05, 0) is 40.5 Å². The Kier molecular flexibility index (Phi) is 4.93. The molecule has 1 N–H and O–H groups in total. The van der Waals surface area contributed by atoms with Gasteiger partial charge in [-0.2, -0.15) is 0 Å². The zero-order chi connectivity index (χ0) is 13.7. The highest BCUT2D eigenvalue weighted by molar-refractivity contribution is 9.10. The summed E-state index contributed by atoms with van der Waals surface area (Å²) in [4.78, 5) is 4.23. The summed E-state index contributed by atoms with van der Waals surface area (Å²) in [5.74, 6) is 0.394.